The van der Waals surface area contributed by atoms with Crippen LogP contribution in [0.1, 0.15) is 5.56 Å². The molecule has 0 bridgehead atoms. The molecule has 2 radical (unpaired) electrons. The fourth-order valence-electron chi connectivity index (χ4n) is 3.86. The Morgan fingerprint density at radius 3 is 2.46 bits per heavy atom. The molecule has 37 heavy (non-hydrogen) atoms. The Morgan fingerprint density at radius 1 is 0.811 bits per heavy atom. The number of hydrogen-bond acceptors (Lipinski definition) is 4. The van der Waals surface area contributed by atoms with Crippen LogP contribution in [0.5, 0.6) is 5.75 Å². The summed E-state index contributed by atoms with van der Waals surface area (Å²) in [7, 11) is 0. The van der Waals surface area contributed by atoms with Crippen molar-refractivity contribution in [2.24, 2.45) is 0 Å². The van der Waals surface area contributed by atoms with Gasteiger partial charge in [-0.25, -0.2) is 11.1 Å². The van der Waals surface area contributed by atoms with Gasteiger partial charge in [-0.1, -0.05) is 42.1 Å². The minimum atomic E-state index is 0. The van der Waals surface area contributed by atoms with Crippen molar-refractivity contribution in [2.45, 2.75) is 6.61 Å². The third-order valence-electron chi connectivity index (χ3n) is 5.56. The maximum atomic E-state index is 5.76. The molecule has 0 atom stereocenters. The van der Waals surface area contributed by atoms with Crippen molar-refractivity contribution >= 4 is 11.0 Å². The van der Waals surface area contributed by atoms with E-state index in [4.69, 9.17) is 4.74 Å². The van der Waals surface area contributed by atoms with Gasteiger partial charge in [-0.15, -0.1) is 42.0 Å². The van der Waals surface area contributed by atoms with E-state index in [0.29, 0.717) is 18.2 Å². The Hall–Kier alpha value is -3.02. The number of ether oxygens (including phenoxy) is 1. The molecule has 3 aromatic carbocycles. The molecule has 7 rings (SSSR count). The largest absolute Gasteiger partial charge is 0.516 e. The maximum absolute atomic E-state index is 5.76. The molecule has 7 heteroatoms. The maximum Gasteiger partial charge on any atom is 0.0781 e. The minimum Gasteiger partial charge on any atom is -0.516 e. The van der Waals surface area contributed by atoms with Gasteiger partial charge in [0.15, 0.2) is 0 Å². The number of rotatable bonds is 2. The van der Waals surface area contributed by atoms with Crippen molar-refractivity contribution in [2.75, 3.05) is 0 Å². The summed E-state index contributed by atoms with van der Waals surface area (Å²) in [6.07, 6.45) is 3.56. The second kappa shape index (κ2) is 12.5. The topological polar surface area (TPSA) is 62.0 Å². The summed E-state index contributed by atoms with van der Waals surface area (Å²) >= 11 is 0. The molecule has 5 nitrogen and oxygen atoms in total. The Morgan fingerprint density at radius 2 is 1.65 bits per heavy atom. The van der Waals surface area contributed by atoms with Gasteiger partial charge in [0.2, 0.25) is 0 Å². The Balaban J connectivity index is 0.000000170. The predicted octanol–water partition coefficient (Wildman–Crippen LogP) is 5.96. The van der Waals surface area contributed by atoms with Crippen molar-refractivity contribution in [1.29, 1.82) is 0 Å². The summed E-state index contributed by atoms with van der Waals surface area (Å²) in [5.74, 6) is 1.38. The summed E-state index contributed by atoms with van der Waals surface area (Å²) < 4.78 is 5.76. The van der Waals surface area contributed by atoms with Crippen LogP contribution in [0, 0.1) is 18.2 Å². The van der Waals surface area contributed by atoms with E-state index in [1.54, 1.807) is 6.20 Å². The number of hydrogen-bond donors (Lipinski definition) is 0. The number of aromatic nitrogens is 4. The van der Waals surface area contributed by atoms with Crippen molar-refractivity contribution in [1.82, 2.24) is 19.9 Å². The molecule has 0 fully saturated rings. The average molecular weight is 732 g/mol. The van der Waals surface area contributed by atoms with Crippen LogP contribution >= 0.6 is 0 Å². The van der Waals surface area contributed by atoms with Gasteiger partial charge in [0.1, 0.15) is 0 Å². The van der Waals surface area contributed by atoms with E-state index in [-0.39, 0.29) is 52.8 Å². The second-order valence-electron chi connectivity index (χ2n) is 7.86. The number of fused-ring (bicyclic) bond motifs is 4. The summed E-state index contributed by atoms with van der Waals surface area (Å²) in [6, 6.07) is 36.9. The molecule has 3 aromatic heterocycles. The number of imidazole rings is 1. The third-order valence-corrected chi connectivity index (χ3v) is 5.56. The third kappa shape index (κ3) is 5.94. The van der Waals surface area contributed by atoms with E-state index >= 15 is 0 Å². The zero-order valence-electron chi connectivity index (χ0n) is 19.6. The van der Waals surface area contributed by atoms with E-state index in [9.17, 15) is 0 Å². The molecule has 1 aliphatic heterocycles. The van der Waals surface area contributed by atoms with E-state index in [1.807, 2.05) is 91.1 Å². The van der Waals surface area contributed by atoms with Gasteiger partial charge in [0.25, 0.3) is 0 Å². The van der Waals surface area contributed by atoms with Crippen LogP contribution in [-0.2, 0) is 59.4 Å². The summed E-state index contributed by atoms with van der Waals surface area (Å²) in [5, 5.41) is 0. The molecule has 1 aliphatic rings. The van der Waals surface area contributed by atoms with Gasteiger partial charge in [-0.2, -0.15) is 24.3 Å². The van der Waals surface area contributed by atoms with Crippen LogP contribution in [0.2, 0.25) is 0 Å². The molecule has 0 N–H and O–H groups in total. The fourth-order valence-corrected chi connectivity index (χ4v) is 3.86. The van der Waals surface area contributed by atoms with Gasteiger partial charge in [-0.3, -0.25) is 4.98 Å². The van der Waals surface area contributed by atoms with Gasteiger partial charge in [0, 0.05) is 64.7 Å². The molecule has 4 heterocycles. The Labute approximate surface area is 254 Å². The van der Waals surface area contributed by atoms with Crippen molar-refractivity contribution in [3.8, 4) is 39.7 Å². The molecule has 0 unspecified atom stereocenters. The van der Waals surface area contributed by atoms with Gasteiger partial charge in [0.05, 0.1) is 18.1 Å². The van der Waals surface area contributed by atoms with Crippen LogP contribution in [-0.4, -0.2) is 15.0 Å². The molecule has 0 amide bonds. The van der Waals surface area contributed by atoms with Crippen molar-refractivity contribution in [3.63, 3.8) is 0 Å². The standard InChI is InChI=1S/C18H10NO.C12H8N3.Ir.Y/c1-2-6-13(7-3-1)15-10-17-18(19-11-15)16-9-5-4-8-14(16)12-20-17;1-2-6-10-9(5-1)14-12(15-10)11-7-3-4-8-13-11;;/h1-6,8,11H,12H2;1-8H;;/q-3;-1;;. The van der Waals surface area contributed by atoms with E-state index in [1.165, 1.54) is 0 Å². The molecular weight excluding hydrogens is 713 g/mol. The molecule has 0 saturated heterocycles. The molecule has 0 saturated carbocycles. The number of nitrogens with zero attached hydrogens (tertiary/aromatic N) is 4. The first-order valence-corrected chi connectivity index (χ1v) is 11.2. The molecule has 6 aromatic rings. The Bertz CT molecular complexity index is 1570. The van der Waals surface area contributed by atoms with Crippen LogP contribution < -0.4 is 9.72 Å². The van der Waals surface area contributed by atoms with Crippen LogP contribution in [0.15, 0.2) is 97.3 Å². The first-order chi connectivity index (χ1) is 17.3. The first kappa shape index (κ1) is 27.0. The average Bonchev–Trinajstić information content (AvgIpc) is 3.39. The quantitative estimate of drug-likeness (QED) is 0.206. The predicted molar refractivity (Wildman–Crippen MR) is 134 cm³/mol. The molecule has 180 valence electrons. The Kier molecular flexibility index (Phi) is 9.12. The summed E-state index contributed by atoms with van der Waals surface area (Å²) in [4.78, 5) is 17.6. The van der Waals surface area contributed by atoms with Crippen LogP contribution in [0.25, 0.3) is 44.9 Å². The fraction of sp³-hybridized carbons (Fsp3) is 0.0333. The van der Waals surface area contributed by atoms with Crippen molar-refractivity contribution < 1.29 is 57.6 Å². The number of benzene rings is 3. The van der Waals surface area contributed by atoms with Gasteiger partial charge in [-0.05, 0) is 29.0 Å². The van der Waals surface area contributed by atoms with Crippen molar-refractivity contribution in [3.05, 3.63) is 121 Å². The van der Waals surface area contributed by atoms with Gasteiger partial charge < -0.3 is 19.7 Å². The van der Waals surface area contributed by atoms with E-state index in [0.717, 1.165) is 44.7 Å². The summed E-state index contributed by atoms with van der Waals surface area (Å²) in [6.45, 7) is 0.541. The van der Waals surface area contributed by atoms with Crippen LogP contribution in [0.4, 0.5) is 0 Å². The first-order valence-electron chi connectivity index (χ1n) is 11.2. The zero-order chi connectivity index (χ0) is 23.5. The second-order valence-corrected chi connectivity index (χ2v) is 7.86. The van der Waals surface area contributed by atoms with Crippen LogP contribution in [0.3, 0.4) is 0 Å². The SMILES string of the molecule is [Ir].[Y].[c-]1ccccc1-c1[c-]c2c(nc1)-c1[c-]cccc1CO2.c1ccc(-c2nc3ccccc3[n-]2)nc1. The van der Waals surface area contributed by atoms with E-state index in [2.05, 4.69) is 38.1 Å². The summed E-state index contributed by atoms with van der Waals surface area (Å²) in [5.41, 5.74) is 7.43. The molecule has 0 spiro atoms. The normalized spacial score (nSPS) is 10.9. The minimum absolute atomic E-state index is 0. The monoisotopic (exact) mass is 732 g/mol. The molecular formula is C30H18IrN4OY-4. The number of pyridine rings is 2. The molecule has 0 aliphatic carbocycles. The zero-order valence-corrected chi connectivity index (χ0v) is 24.8. The van der Waals surface area contributed by atoms with Gasteiger partial charge >= 0.3 is 0 Å². The number of para-hydroxylation sites is 2. The van der Waals surface area contributed by atoms with E-state index < -0.39 is 0 Å². The smallest absolute Gasteiger partial charge is 0.0781 e.